The third-order valence-corrected chi connectivity index (χ3v) is 4.51. The lowest BCUT2D eigenvalue weighted by Gasteiger charge is -2.11. The molecule has 2 atom stereocenters. The second-order valence-corrected chi connectivity index (χ2v) is 5.89. The highest BCUT2D eigenvalue weighted by Crippen LogP contribution is 2.48. The lowest BCUT2D eigenvalue weighted by molar-refractivity contribution is 0.122. The zero-order valence-corrected chi connectivity index (χ0v) is 11.3. The van der Waals surface area contributed by atoms with E-state index < -0.39 is 5.44 Å². The van der Waals surface area contributed by atoms with E-state index in [4.69, 9.17) is 4.74 Å². The fourth-order valence-corrected chi connectivity index (χ4v) is 3.53. The third kappa shape index (κ3) is 2.84. The van der Waals surface area contributed by atoms with Gasteiger partial charge in [0.1, 0.15) is 5.44 Å². The summed E-state index contributed by atoms with van der Waals surface area (Å²) in [7, 11) is 0. The minimum absolute atomic E-state index is 0.231. The van der Waals surface area contributed by atoms with Gasteiger partial charge in [0, 0.05) is 0 Å². The highest BCUT2D eigenvalue weighted by molar-refractivity contribution is 7.99. The molecule has 2 aromatic carbocycles. The molecule has 0 aromatic heterocycles. The maximum absolute atomic E-state index is 9.98. The van der Waals surface area contributed by atoms with Gasteiger partial charge >= 0.3 is 0 Å². The Morgan fingerprint density at radius 2 is 1.63 bits per heavy atom. The minimum atomic E-state index is -0.415. The molecule has 1 N–H and O–H groups in total. The molecule has 0 spiro atoms. The van der Waals surface area contributed by atoms with Crippen LogP contribution in [0.1, 0.15) is 27.4 Å². The lowest BCUT2D eigenvalue weighted by atomic mass is 10.1. The second-order valence-electron chi connectivity index (χ2n) is 4.61. The van der Waals surface area contributed by atoms with Crippen LogP contribution in [0.15, 0.2) is 54.6 Å². The molecule has 3 rings (SSSR count). The first-order chi connectivity index (χ1) is 9.34. The van der Waals surface area contributed by atoms with Crippen molar-refractivity contribution in [3.8, 4) is 0 Å². The molecule has 2 aromatic rings. The van der Waals surface area contributed by atoms with Crippen LogP contribution in [0.3, 0.4) is 0 Å². The minimum Gasteiger partial charge on any atom is -0.378 e. The van der Waals surface area contributed by atoms with Crippen molar-refractivity contribution in [1.82, 2.24) is 0 Å². The molecule has 0 amide bonds. The van der Waals surface area contributed by atoms with Gasteiger partial charge in [-0.1, -0.05) is 54.6 Å². The van der Waals surface area contributed by atoms with E-state index in [0.29, 0.717) is 13.2 Å². The Labute approximate surface area is 117 Å². The van der Waals surface area contributed by atoms with Gasteiger partial charge in [-0.05, 0) is 16.7 Å². The number of fused-ring (bicyclic) bond motifs is 1. The Kier molecular flexibility index (Phi) is 3.87. The van der Waals surface area contributed by atoms with Gasteiger partial charge in [0.25, 0.3) is 0 Å². The van der Waals surface area contributed by atoms with E-state index in [9.17, 15) is 5.11 Å². The molecule has 98 valence electrons. The Morgan fingerprint density at radius 1 is 0.947 bits per heavy atom. The molecule has 0 saturated carbocycles. The normalized spacial score (nSPS) is 21.3. The summed E-state index contributed by atoms with van der Waals surface area (Å²) in [6.07, 6.45) is 0. The number of rotatable bonds is 4. The van der Waals surface area contributed by atoms with Gasteiger partial charge in [-0.15, -0.1) is 11.8 Å². The average Bonchev–Trinajstić information content (AvgIpc) is 2.78. The highest BCUT2D eigenvalue weighted by Gasteiger charge is 2.29. The van der Waals surface area contributed by atoms with Crippen molar-refractivity contribution in [2.24, 2.45) is 0 Å². The van der Waals surface area contributed by atoms with E-state index in [-0.39, 0.29) is 5.25 Å². The Morgan fingerprint density at radius 3 is 2.42 bits per heavy atom. The van der Waals surface area contributed by atoms with Crippen molar-refractivity contribution in [1.29, 1.82) is 0 Å². The van der Waals surface area contributed by atoms with Crippen LogP contribution in [0, 0.1) is 0 Å². The van der Waals surface area contributed by atoms with Gasteiger partial charge in [-0.25, -0.2) is 0 Å². The summed E-state index contributed by atoms with van der Waals surface area (Å²) in [5, 5.41) is 10.2. The predicted octanol–water partition coefficient (Wildman–Crippen LogP) is 3.68. The number of thioether (sulfide) groups is 1. The predicted molar refractivity (Wildman–Crippen MR) is 77.8 cm³/mol. The molecule has 0 fully saturated rings. The Balaban J connectivity index is 1.60. The maximum atomic E-state index is 9.98. The van der Waals surface area contributed by atoms with Gasteiger partial charge in [0.15, 0.2) is 0 Å². The van der Waals surface area contributed by atoms with Gasteiger partial charge in [0.05, 0.1) is 18.5 Å². The third-order valence-electron chi connectivity index (χ3n) is 3.28. The van der Waals surface area contributed by atoms with Crippen LogP contribution in [0.2, 0.25) is 0 Å². The number of ether oxygens (including phenoxy) is 1. The highest BCUT2D eigenvalue weighted by atomic mass is 32.2. The summed E-state index contributed by atoms with van der Waals surface area (Å²) >= 11 is 1.56. The average molecular weight is 272 g/mol. The molecule has 0 saturated heterocycles. The number of hydrogen-bond donors (Lipinski definition) is 1. The second kappa shape index (κ2) is 5.78. The summed E-state index contributed by atoms with van der Waals surface area (Å²) in [6, 6.07) is 18.2. The summed E-state index contributed by atoms with van der Waals surface area (Å²) < 4.78 is 5.78. The number of aliphatic hydroxyl groups is 1. The van der Waals surface area contributed by atoms with E-state index in [1.54, 1.807) is 11.8 Å². The van der Waals surface area contributed by atoms with E-state index >= 15 is 0 Å². The maximum Gasteiger partial charge on any atom is 0.126 e. The molecule has 1 heterocycles. The van der Waals surface area contributed by atoms with Crippen LogP contribution < -0.4 is 0 Å². The zero-order chi connectivity index (χ0) is 13.1. The monoisotopic (exact) mass is 272 g/mol. The van der Waals surface area contributed by atoms with Crippen molar-refractivity contribution in [3.05, 3.63) is 71.3 Å². The smallest absolute Gasteiger partial charge is 0.126 e. The van der Waals surface area contributed by atoms with Crippen LogP contribution in [0.4, 0.5) is 0 Å². The van der Waals surface area contributed by atoms with E-state index in [1.807, 2.05) is 36.4 Å². The van der Waals surface area contributed by atoms with Crippen LogP contribution in [0.5, 0.6) is 0 Å². The molecule has 2 nitrogen and oxygen atoms in total. The molecule has 1 aliphatic heterocycles. The summed E-state index contributed by atoms with van der Waals surface area (Å²) in [5.41, 5.74) is 3.00. The summed E-state index contributed by atoms with van der Waals surface area (Å²) in [6.45, 7) is 1.25. The van der Waals surface area contributed by atoms with Crippen LogP contribution in [0.25, 0.3) is 0 Å². The SMILES string of the molecule is OC1SC(COCc2ccccc2)c2ccccc21. The lowest BCUT2D eigenvalue weighted by Crippen LogP contribution is -2.02. The molecule has 19 heavy (non-hydrogen) atoms. The van der Waals surface area contributed by atoms with E-state index in [2.05, 4.69) is 18.2 Å². The van der Waals surface area contributed by atoms with Crippen molar-refractivity contribution in [2.45, 2.75) is 17.3 Å². The number of hydrogen-bond acceptors (Lipinski definition) is 3. The number of benzene rings is 2. The topological polar surface area (TPSA) is 29.5 Å². The molecule has 3 heteroatoms. The summed E-state index contributed by atoms with van der Waals surface area (Å²) in [4.78, 5) is 0. The first-order valence-corrected chi connectivity index (χ1v) is 7.33. The molecule has 0 bridgehead atoms. The van der Waals surface area contributed by atoms with Crippen LogP contribution in [-0.4, -0.2) is 11.7 Å². The van der Waals surface area contributed by atoms with Gasteiger partial charge in [-0.2, -0.15) is 0 Å². The fourth-order valence-electron chi connectivity index (χ4n) is 2.32. The van der Waals surface area contributed by atoms with Crippen molar-refractivity contribution in [3.63, 3.8) is 0 Å². The van der Waals surface area contributed by atoms with Gasteiger partial charge in [0.2, 0.25) is 0 Å². The largest absolute Gasteiger partial charge is 0.378 e. The zero-order valence-electron chi connectivity index (χ0n) is 10.5. The van der Waals surface area contributed by atoms with E-state index in [1.165, 1.54) is 11.1 Å². The summed E-state index contributed by atoms with van der Waals surface area (Å²) in [5.74, 6) is 0. The van der Waals surface area contributed by atoms with Gasteiger partial charge < -0.3 is 9.84 Å². The van der Waals surface area contributed by atoms with Crippen molar-refractivity contribution in [2.75, 3.05) is 6.61 Å². The Hall–Kier alpha value is -1.29. The first kappa shape index (κ1) is 12.7. The molecule has 2 unspecified atom stereocenters. The number of aliphatic hydroxyl groups excluding tert-OH is 1. The fraction of sp³-hybridized carbons (Fsp3) is 0.250. The first-order valence-electron chi connectivity index (χ1n) is 6.38. The van der Waals surface area contributed by atoms with Crippen LogP contribution >= 0.6 is 11.8 Å². The quantitative estimate of drug-likeness (QED) is 0.920. The molecular formula is C16H16O2S. The van der Waals surface area contributed by atoms with Crippen molar-refractivity contribution < 1.29 is 9.84 Å². The van der Waals surface area contributed by atoms with Crippen molar-refractivity contribution >= 4 is 11.8 Å². The molecule has 1 aliphatic rings. The van der Waals surface area contributed by atoms with Crippen LogP contribution in [-0.2, 0) is 11.3 Å². The standard InChI is InChI=1S/C16H16O2S/c17-16-14-9-5-4-8-13(14)15(19-16)11-18-10-12-6-2-1-3-7-12/h1-9,15-17H,10-11H2. The molecule has 0 aliphatic carbocycles. The van der Waals surface area contributed by atoms with E-state index in [0.717, 1.165) is 5.56 Å². The Bertz CT molecular complexity index is 541. The molecular weight excluding hydrogens is 256 g/mol. The molecule has 0 radical (unpaired) electrons. The van der Waals surface area contributed by atoms with Gasteiger partial charge in [-0.3, -0.25) is 0 Å².